The maximum Gasteiger partial charge on any atom is 0.118 e. The summed E-state index contributed by atoms with van der Waals surface area (Å²) in [6.07, 6.45) is 5.22. The highest BCUT2D eigenvalue weighted by atomic mass is 16.5. The van der Waals surface area contributed by atoms with Gasteiger partial charge in [-0.1, -0.05) is 19.1 Å². The summed E-state index contributed by atoms with van der Waals surface area (Å²) >= 11 is 0. The molecule has 1 saturated heterocycles. The van der Waals surface area contributed by atoms with Crippen LogP contribution in [0.15, 0.2) is 24.3 Å². The van der Waals surface area contributed by atoms with E-state index in [-0.39, 0.29) is 0 Å². The molecule has 0 amide bonds. The van der Waals surface area contributed by atoms with Crippen LogP contribution in [0.1, 0.15) is 44.1 Å². The second kappa shape index (κ2) is 6.80. The molecule has 116 valence electrons. The zero-order valence-electron chi connectivity index (χ0n) is 13.3. The van der Waals surface area contributed by atoms with E-state index in [0.717, 1.165) is 23.8 Å². The van der Waals surface area contributed by atoms with Gasteiger partial charge >= 0.3 is 0 Å². The minimum Gasteiger partial charge on any atom is -0.497 e. The number of nitrogens with zero attached hydrogens (tertiary/aromatic N) is 1. The molecule has 0 radical (unpaired) electrons. The first-order valence-corrected chi connectivity index (χ1v) is 8.41. The molecule has 1 aromatic carbocycles. The summed E-state index contributed by atoms with van der Waals surface area (Å²) in [6, 6.07) is 10.1. The van der Waals surface area contributed by atoms with Gasteiger partial charge in [0.1, 0.15) is 5.75 Å². The van der Waals surface area contributed by atoms with Gasteiger partial charge in [-0.25, -0.2) is 0 Å². The van der Waals surface area contributed by atoms with Crippen molar-refractivity contribution in [2.75, 3.05) is 26.7 Å². The molecular weight excluding hydrogens is 260 g/mol. The smallest absolute Gasteiger partial charge is 0.118 e. The Morgan fingerprint density at radius 3 is 2.33 bits per heavy atom. The number of nitrogens with one attached hydrogen (secondary N) is 1. The van der Waals surface area contributed by atoms with E-state index >= 15 is 0 Å². The van der Waals surface area contributed by atoms with E-state index in [0.29, 0.717) is 0 Å². The SMILES string of the molecule is CCN1CCC(NC2CC(c3ccc(OC)cc3)C2)CC1. The lowest BCUT2D eigenvalue weighted by Gasteiger charge is -2.41. The lowest BCUT2D eigenvalue weighted by molar-refractivity contribution is 0.176. The van der Waals surface area contributed by atoms with Gasteiger partial charge in [0.25, 0.3) is 0 Å². The van der Waals surface area contributed by atoms with E-state index in [4.69, 9.17) is 4.74 Å². The third-order valence-electron chi connectivity index (χ3n) is 5.23. The molecular formula is C18H28N2O. The van der Waals surface area contributed by atoms with Gasteiger partial charge in [0.15, 0.2) is 0 Å². The highest BCUT2D eigenvalue weighted by Crippen LogP contribution is 2.38. The van der Waals surface area contributed by atoms with Crippen LogP contribution in [0, 0.1) is 0 Å². The molecule has 1 aliphatic carbocycles. The molecule has 0 spiro atoms. The quantitative estimate of drug-likeness (QED) is 0.901. The first kappa shape index (κ1) is 14.9. The monoisotopic (exact) mass is 288 g/mol. The molecule has 1 aromatic rings. The summed E-state index contributed by atoms with van der Waals surface area (Å²) in [5.41, 5.74) is 1.47. The fourth-order valence-electron chi connectivity index (χ4n) is 3.65. The van der Waals surface area contributed by atoms with E-state index in [9.17, 15) is 0 Å². The average Bonchev–Trinajstić information content (AvgIpc) is 2.51. The second-order valence-corrected chi connectivity index (χ2v) is 6.51. The average molecular weight is 288 g/mol. The Kier molecular flexibility index (Phi) is 4.81. The van der Waals surface area contributed by atoms with Crippen molar-refractivity contribution < 1.29 is 4.74 Å². The Balaban J connectivity index is 1.41. The molecule has 1 saturated carbocycles. The Hall–Kier alpha value is -1.06. The van der Waals surface area contributed by atoms with Gasteiger partial charge in [-0.15, -0.1) is 0 Å². The van der Waals surface area contributed by atoms with Crippen LogP contribution >= 0.6 is 0 Å². The number of likely N-dealkylation sites (tertiary alicyclic amines) is 1. The number of piperidine rings is 1. The first-order valence-electron chi connectivity index (χ1n) is 8.41. The van der Waals surface area contributed by atoms with Gasteiger partial charge in [-0.05, 0) is 68.9 Å². The van der Waals surface area contributed by atoms with Crippen molar-refractivity contribution in [3.05, 3.63) is 29.8 Å². The van der Waals surface area contributed by atoms with Crippen LogP contribution in [-0.2, 0) is 0 Å². The fraction of sp³-hybridized carbons (Fsp3) is 0.667. The van der Waals surface area contributed by atoms with E-state index in [1.54, 1.807) is 7.11 Å². The Bertz CT molecular complexity index is 431. The predicted molar refractivity (Wildman–Crippen MR) is 87.0 cm³/mol. The molecule has 2 aliphatic rings. The fourth-order valence-corrected chi connectivity index (χ4v) is 3.65. The normalized spacial score (nSPS) is 27.3. The van der Waals surface area contributed by atoms with E-state index in [1.807, 2.05) is 0 Å². The van der Waals surface area contributed by atoms with Gasteiger partial charge in [-0.3, -0.25) is 0 Å². The standard InChI is InChI=1S/C18H28N2O/c1-3-20-10-8-16(9-11-20)19-17-12-15(13-17)14-4-6-18(21-2)7-5-14/h4-7,15-17,19H,3,8-13H2,1-2H3. The molecule has 1 aliphatic heterocycles. The van der Waals surface area contributed by atoms with Gasteiger partial charge < -0.3 is 15.0 Å². The lowest BCUT2D eigenvalue weighted by atomic mass is 9.75. The van der Waals surface area contributed by atoms with Crippen LogP contribution in [0.3, 0.4) is 0 Å². The molecule has 0 unspecified atom stereocenters. The molecule has 1 heterocycles. The zero-order valence-corrected chi connectivity index (χ0v) is 13.3. The third kappa shape index (κ3) is 3.58. The maximum absolute atomic E-state index is 5.22. The van der Waals surface area contributed by atoms with Crippen molar-refractivity contribution in [1.29, 1.82) is 0 Å². The number of hydrogen-bond acceptors (Lipinski definition) is 3. The highest BCUT2D eigenvalue weighted by molar-refractivity contribution is 5.30. The summed E-state index contributed by atoms with van der Waals surface area (Å²) in [4.78, 5) is 2.55. The van der Waals surface area contributed by atoms with Gasteiger partial charge in [-0.2, -0.15) is 0 Å². The minimum absolute atomic E-state index is 0.732. The van der Waals surface area contributed by atoms with Gasteiger partial charge in [0.05, 0.1) is 7.11 Å². The Morgan fingerprint density at radius 2 is 1.76 bits per heavy atom. The number of hydrogen-bond donors (Lipinski definition) is 1. The lowest BCUT2D eigenvalue weighted by Crippen LogP contribution is -2.49. The van der Waals surface area contributed by atoms with Gasteiger partial charge in [0, 0.05) is 12.1 Å². The molecule has 0 aromatic heterocycles. The van der Waals surface area contributed by atoms with Crippen LogP contribution < -0.4 is 10.1 Å². The molecule has 0 bridgehead atoms. The maximum atomic E-state index is 5.22. The van der Waals surface area contributed by atoms with Crippen molar-refractivity contribution in [3.8, 4) is 5.75 Å². The second-order valence-electron chi connectivity index (χ2n) is 6.51. The predicted octanol–water partition coefficient (Wildman–Crippen LogP) is 3.02. The van der Waals surface area contributed by atoms with Crippen LogP contribution in [0.25, 0.3) is 0 Å². The number of methoxy groups -OCH3 is 1. The minimum atomic E-state index is 0.732. The van der Waals surface area contributed by atoms with E-state index in [1.165, 1.54) is 50.9 Å². The van der Waals surface area contributed by atoms with Crippen molar-refractivity contribution in [1.82, 2.24) is 10.2 Å². The van der Waals surface area contributed by atoms with Crippen LogP contribution in [-0.4, -0.2) is 43.7 Å². The van der Waals surface area contributed by atoms with Crippen molar-refractivity contribution in [2.24, 2.45) is 0 Å². The van der Waals surface area contributed by atoms with E-state index in [2.05, 4.69) is 41.4 Å². The van der Waals surface area contributed by atoms with Crippen LogP contribution in [0.2, 0.25) is 0 Å². The molecule has 3 rings (SSSR count). The molecule has 1 N–H and O–H groups in total. The van der Waals surface area contributed by atoms with E-state index < -0.39 is 0 Å². The molecule has 2 fully saturated rings. The molecule has 21 heavy (non-hydrogen) atoms. The third-order valence-corrected chi connectivity index (χ3v) is 5.23. The molecule has 0 atom stereocenters. The summed E-state index contributed by atoms with van der Waals surface area (Å²) < 4.78 is 5.22. The van der Waals surface area contributed by atoms with Crippen molar-refractivity contribution in [3.63, 3.8) is 0 Å². The highest BCUT2D eigenvalue weighted by Gasteiger charge is 2.32. The summed E-state index contributed by atoms with van der Waals surface area (Å²) in [6.45, 7) is 6.00. The summed E-state index contributed by atoms with van der Waals surface area (Å²) in [5.74, 6) is 1.69. The zero-order chi connectivity index (χ0) is 14.7. The number of benzene rings is 1. The van der Waals surface area contributed by atoms with Crippen LogP contribution in [0.5, 0.6) is 5.75 Å². The summed E-state index contributed by atoms with van der Waals surface area (Å²) in [7, 11) is 1.72. The first-order chi connectivity index (χ1) is 10.3. The molecule has 3 heteroatoms. The Morgan fingerprint density at radius 1 is 1.10 bits per heavy atom. The van der Waals surface area contributed by atoms with Crippen LogP contribution in [0.4, 0.5) is 0 Å². The van der Waals surface area contributed by atoms with Crippen molar-refractivity contribution in [2.45, 2.75) is 50.6 Å². The summed E-state index contributed by atoms with van der Waals surface area (Å²) in [5, 5.41) is 3.87. The van der Waals surface area contributed by atoms with Crippen molar-refractivity contribution >= 4 is 0 Å². The Labute approximate surface area is 128 Å². The van der Waals surface area contributed by atoms with Gasteiger partial charge in [0.2, 0.25) is 0 Å². The number of ether oxygens (including phenoxy) is 1. The topological polar surface area (TPSA) is 24.5 Å². The largest absolute Gasteiger partial charge is 0.497 e. The molecule has 3 nitrogen and oxygen atoms in total. The number of rotatable bonds is 5.